The van der Waals surface area contributed by atoms with Crippen molar-refractivity contribution in [3.05, 3.63) is 65.5 Å². The number of fused-ring (bicyclic) bond motifs is 1. The smallest absolute Gasteiger partial charge is 0.449 e. The third-order valence-corrected chi connectivity index (χ3v) is 7.92. The highest BCUT2D eigenvalue weighted by Crippen LogP contribution is 2.46. The van der Waals surface area contributed by atoms with Crippen molar-refractivity contribution in [3.63, 3.8) is 0 Å². The van der Waals surface area contributed by atoms with Crippen molar-refractivity contribution < 1.29 is 41.8 Å². The van der Waals surface area contributed by atoms with E-state index < -0.39 is 12.5 Å². The van der Waals surface area contributed by atoms with Crippen LogP contribution in [0.3, 0.4) is 0 Å². The summed E-state index contributed by atoms with van der Waals surface area (Å²) in [5, 5.41) is 13.9. The Bertz CT molecular complexity index is 1560. The van der Waals surface area contributed by atoms with E-state index in [2.05, 4.69) is 16.0 Å². The molecule has 4 aromatic rings. The predicted octanol–water partition coefficient (Wildman–Crippen LogP) is 7.91. The highest BCUT2D eigenvalue weighted by atomic mass is 19.4. The maximum Gasteiger partial charge on any atom is 0.573 e. The number of carboxylic acid groups (broad SMARTS) is 1. The zero-order valence-corrected chi connectivity index (χ0v) is 22.3. The van der Waals surface area contributed by atoms with Gasteiger partial charge in [0.25, 0.3) is 0 Å². The van der Waals surface area contributed by atoms with Gasteiger partial charge in [0.05, 0.1) is 18.2 Å². The molecule has 0 amide bonds. The summed E-state index contributed by atoms with van der Waals surface area (Å²) >= 11 is 0. The molecule has 0 unspecified atom stereocenters. The lowest BCUT2D eigenvalue weighted by atomic mass is 9.82. The molecule has 1 N–H and O–H groups in total. The van der Waals surface area contributed by atoms with E-state index in [1.807, 2.05) is 23.7 Å². The van der Waals surface area contributed by atoms with Gasteiger partial charge in [-0.15, -0.1) is 13.2 Å². The van der Waals surface area contributed by atoms with Crippen LogP contribution in [0.1, 0.15) is 67.2 Å². The lowest BCUT2D eigenvalue weighted by molar-refractivity contribution is -0.274. The van der Waals surface area contributed by atoms with Crippen LogP contribution in [-0.4, -0.2) is 33.5 Å². The second-order valence-electron chi connectivity index (χ2n) is 10.7. The number of rotatable bonds is 8. The minimum Gasteiger partial charge on any atom is -0.449 e. The summed E-state index contributed by atoms with van der Waals surface area (Å²) in [4.78, 5) is 11.0. The van der Waals surface area contributed by atoms with E-state index in [-0.39, 0.29) is 29.9 Å². The van der Waals surface area contributed by atoms with Gasteiger partial charge in [-0.2, -0.15) is 0 Å². The Labute approximate surface area is 233 Å². The van der Waals surface area contributed by atoms with Crippen LogP contribution in [0, 0.1) is 0 Å². The van der Waals surface area contributed by atoms with Gasteiger partial charge >= 0.3 is 12.5 Å². The second kappa shape index (κ2) is 10.8. The number of aromatic nitrogens is 2. The molecule has 2 aliphatic rings. The molecule has 11 heteroatoms. The minimum atomic E-state index is -4.83. The largest absolute Gasteiger partial charge is 0.573 e. The molecule has 2 fully saturated rings. The predicted molar refractivity (Wildman–Crippen MR) is 142 cm³/mol. The van der Waals surface area contributed by atoms with E-state index in [1.54, 1.807) is 18.3 Å². The molecule has 41 heavy (non-hydrogen) atoms. The summed E-state index contributed by atoms with van der Waals surface area (Å²) in [5.74, 6) is 1.20. The van der Waals surface area contributed by atoms with Crippen LogP contribution in [0.4, 0.5) is 18.0 Å². The molecule has 0 saturated heterocycles. The topological polar surface area (TPSA) is 96.0 Å². The van der Waals surface area contributed by atoms with Crippen molar-refractivity contribution in [2.24, 2.45) is 7.05 Å². The van der Waals surface area contributed by atoms with Crippen molar-refractivity contribution in [3.8, 4) is 22.8 Å². The van der Waals surface area contributed by atoms with Crippen LogP contribution in [0.5, 0.6) is 11.5 Å². The molecule has 2 aliphatic carbocycles. The summed E-state index contributed by atoms with van der Waals surface area (Å²) in [6.45, 7) is 0.196. The molecular formula is C30H29F3N2O6. The van der Waals surface area contributed by atoms with Crippen LogP contribution >= 0.6 is 0 Å². The molecule has 0 radical (unpaired) electrons. The Balaban J connectivity index is 1.14. The number of carbonyl (C=O) groups is 1. The normalized spacial score (nSPS) is 19.4. The Morgan fingerprint density at radius 1 is 1.05 bits per heavy atom. The SMILES string of the molecule is Cn1cc(OC(=O)O)c2ccc(C3CCC(OCc4c(-c5ccccc5OC(F)(F)F)noc4C4CC4)CC3)cc21. The number of hydrogen-bond acceptors (Lipinski definition) is 6. The fraction of sp³-hybridized carbons (Fsp3) is 0.400. The van der Waals surface area contributed by atoms with Gasteiger partial charge in [0.1, 0.15) is 17.2 Å². The quantitative estimate of drug-likeness (QED) is 0.215. The standard InChI is InChI=1S/C30H29F3N2O6/c1-35-15-26(39-29(36)37)21-13-10-19(14-24(21)35)17-8-11-20(12-9-17)38-16-23-27(34-41-28(23)18-6-7-18)22-4-2-3-5-25(22)40-30(31,32)33/h2-5,10,13-15,17-18,20H,6-9,11-12,16H2,1H3,(H,36,37). The lowest BCUT2D eigenvalue weighted by Gasteiger charge is -2.29. The number of hydrogen-bond donors (Lipinski definition) is 1. The first kappa shape index (κ1) is 27.2. The van der Waals surface area contributed by atoms with E-state index >= 15 is 0 Å². The third-order valence-electron chi connectivity index (χ3n) is 7.92. The van der Waals surface area contributed by atoms with Gasteiger partial charge < -0.3 is 28.4 Å². The summed E-state index contributed by atoms with van der Waals surface area (Å²) in [6.07, 6.45) is 0.862. The van der Waals surface area contributed by atoms with Gasteiger partial charge in [0, 0.05) is 35.7 Å². The number of ether oxygens (including phenoxy) is 3. The van der Waals surface area contributed by atoms with Gasteiger partial charge in [0.2, 0.25) is 0 Å². The van der Waals surface area contributed by atoms with Crippen molar-refractivity contribution in [2.75, 3.05) is 0 Å². The number of alkyl halides is 3. The van der Waals surface area contributed by atoms with Crippen LogP contribution in [-0.2, 0) is 18.4 Å². The molecule has 0 bridgehead atoms. The number of benzene rings is 2. The van der Waals surface area contributed by atoms with E-state index in [0.29, 0.717) is 28.7 Å². The molecule has 2 aromatic carbocycles. The highest BCUT2D eigenvalue weighted by Gasteiger charge is 2.36. The zero-order chi connectivity index (χ0) is 28.7. The summed E-state index contributed by atoms with van der Waals surface area (Å²) in [6, 6.07) is 12.0. The molecule has 6 rings (SSSR count). The number of aryl methyl sites for hydroxylation is 1. The third kappa shape index (κ3) is 5.90. The van der Waals surface area contributed by atoms with Crippen molar-refractivity contribution >= 4 is 17.1 Å². The number of para-hydroxylation sites is 1. The Hall–Kier alpha value is -3.99. The Morgan fingerprint density at radius 3 is 2.49 bits per heavy atom. The van der Waals surface area contributed by atoms with Crippen LogP contribution in [0.2, 0.25) is 0 Å². The second-order valence-corrected chi connectivity index (χ2v) is 10.7. The van der Waals surface area contributed by atoms with E-state index in [0.717, 1.165) is 49.4 Å². The Kier molecular flexibility index (Phi) is 7.14. The highest BCUT2D eigenvalue weighted by molar-refractivity contribution is 5.89. The summed E-state index contributed by atoms with van der Waals surface area (Å²) in [5.41, 5.74) is 3.30. The first-order valence-corrected chi connectivity index (χ1v) is 13.6. The van der Waals surface area contributed by atoms with Crippen molar-refractivity contribution in [2.45, 2.75) is 69.4 Å². The van der Waals surface area contributed by atoms with Gasteiger partial charge in [-0.3, -0.25) is 0 Å². The average Bonchev–Trinajstić information content (AvgIpc) is 3.62. The van der Waals surface area contributed by atoms with Gasteiger partial charge in [-0.1, -0.05) is 23.4 Å². The number of nitrogens with zero attached hydrogens (tertiary/aromatic N) is 2. The fourth-order valence-corrected chi connectivity index (χ4v) is 5.77. The molecule has 0 aliphatic heterocycles. The molecular weight excluding hydrogens is 541 g/mol. The first-order valence-electron chi connectivity index (χ1n) is 13.6. The number of halogens is 3. The van der Waals surface area contributed by atoms with E-state index in [4.69, 9.17) is 19.1 Å². The Morgan fingerprint density at radius 2 is 1.78 bits per heavy atom. The minimum absolute atomic E-state index is 0.00272. The van der Waals surface area contributed by atoms with Crippen LogP contribution in [0.25, 0.3) is 22.2 Å². The molecule has 2 aromatic heterocycles. The fourth-order valence-electron chi connectivity index (χ4n) is 5.77. The molecule has 0 spiro atoms. The molecule has 2 heterocycles. The summed E-state index contributed by atoms with van der Waals surface area (Å²) in [7, 11) is 1.86. The van der Waals surface area contributed by atoms with Gasteiger partial charge in [-0.05, 0) is 74.3 Å². The van der Waals surface area contributed by atoms with Gasteiger partial charge in [0.15, 0.2) is 5.75 Å². The first-order chi connectivity index (χ1) is 19.7. The van der Waals surface area contributed by atoms with Gasteiger partial charge in [-0.25, -0.2) is 4.79 Å². The summed E-state index contributed by atoms with van der Waals surface area (Å²) < 4.78 is 62.1. The van der Waals surface area contributed by atoms with E-state index in [1.165, 1.54) is 17.7 Å². The average molecular weight is 571 g/mol. The van der Waals surface area contributed by atoms with Crippen LogP contribution < -0.4 is 9.47 Å². The zero-order valence-electron chi connectivity index (χ0n) is 22.3. The monoisotopic (exact) mass is 570 g/mol. The van der Waals surface area contributed by atoms with Crippen molar-refractivity contribution in [1.82, 2.24) is 9.72 Å². The maximum absolute atomic E-state index is 13.1. The van der Waals surface area contributed by atoms with E-state index in [9.17, 15) is 18.0 Å². The molecule has 216 valence electrons. The van der Waals surface area contributed by atoms with Crippen LogP contribution in [0.15, 0.2) is 53.2 Å². The maximum atomic E-state index is 13.1. The van der Waals surface area contributed by atoms with Crippen molar-refractivity contribution in [1.29, 1.82) is 0 Å². The molecule has 8 nitrogen and oxygen atoms in total. The molecule has 2 saturated carbocycles. The molecule has 0 atom stereocenters. The lowest BCUT2D eigenvalue weighted by Crippen LogP contribution is -2.21.